The molecule has 2 aromatic rings. The number of hydrogen-bond donors (Lipinski definition) is 1. The molecule has 0 heterocycles. The van der Waals surface area contributed by atoms with Crippen LogP contribution in [0, 0.1) is 0 Å². The number of ether oxygens (including phenoxy) is 1. The highest BCUT2D eigenvalue weighted by molar-refractivity contribution is 5.39. The predicted octanol–water partition coefficient (Wildman–Crippen LogP) is 4.45. The molecule has 2 rings (SSSR count). The largest absolute Gasteiger partial charge is 0.493 e. The second-order valence-electron chi connectivity index (χ2n) is 5.59. The van der Waals surface area contributed by atoms with E-state index in [1.807, 2.05) is 31.2 Å². The average molecular weight is 295 g/mol. The topological polar surface area (TPSA) is 35.2 Å². The lowest BCUT2D eigenvalue weighted by atomic mass is 10.0. The number of allylic oxidation sites excluding steroid dienone is 1. The average Bonchev–Trinajstić information content (AvgIpc) is 2.53. The van der Waals surface area contributed by atoms with Crippen molar-refractivity contribution in [3.63, 3.8) is 0 Å². The van der Waals surface area contributed by atoms with Crippen LogP contribution in [0.25, 0.3) is 0 Å². The van der Waals surface area contributed by atoms with Crippen molar-refractivity contribution in [2.45, 2.75) is 32.2 Å². The van der Waals surface area contributed by atoms with E-state index in [0.717, 1.165) is 42.7 Å². The molecule has 0 aliphatic rings. The fraction of sp³-hybridized carbons (Fsp3) is 0.300. The zero-order valence-electron chi connectivity index (χ0n) is 13.3. The second kappa shape index (κ2) is 8.40. The third-order valence-electron chi connectivity index (χ3n) is 3.68. The zero-order valence-corrected chi connectivity index (χ0v) is 13.3. The Labute approximate surface area is 133 Å². The quantitative estimate of drug-likeness (QED) is 0.577. The molecule has 116 valence electrons. The van der Waals surface area contributed by atoms with Crippen molar-refractivity contribution in [1.29, 1.82) is 0 Å². The Morgan fingerprint density at radius 3 is 2.64 bits per heavy atom. The van der Waals surface area contributed by atoms with Gasteiger partial charge < -0.3 is 10.5 Å². The van der Waals surface area contributed by atoms with E-state index in [0.29, 0.717) is 0 Å². The van der Waals surface area contributed by atoms with E-state index in [1.165, 1.54) is 5.56 Å². The van der Waals surface area contributed by atoms with Gasteiger partial charge in [0, 0.05) is 6.04 Å². The maximum atomic E-state index is 5.96. The molecule has 0 aromatic heterocycles. The molecule has 2 N–H and O–H groups in total. The first-order chi connectivity index (χ1) is 10.7. The van der Waals surface area contributed by atoms with Crippen LogP contribution in [0.4, 0.5) is 0 Å². The van der Waals surface area contributed by atoms with Crippen molar-refractivity contribution in [3.05, 3.63) is 77.9 Å². The van der Waals surface area contributed by atoms with E-state index in [9.17, 15) is 0 Å². The highest BCUT2D eigenvalue weighted by atomic mass is 16.5. The Kier molecular flexibility index (Phi) is 6.23. The van der Waals surface area contributed by atoms with Crippen molar-refractivity contribution in [2.24, 2.45) is 5.73 Å². The molecule has 0 fully saturated rings. The lowest BCUT2D eigenvalue weighted by Crippen LogP contribution is -2.07. The van der Waals surface area contributed by atoms with Crippen molar-refractivity contribution in [3.8, 4) is 5.75 Å². The number of hydrogen-bond acceptors (Lipinski definition) is 2. The molecule has 0 amide bonds. The van der Waals surface area contributed by atoms with E-state index in [2.05, 4.69) is 36.9 Å². The molecule has 0 spiro atoms. The lowest BCUT2D eigenvalue weighted by Gasteiger charge is -2.14. The van der Waals surface area contributed by atoms with Gasteiger partial charge in [0.1, 0.15) is 5.75 Å². The molecule has 1 unspecified atom stereocenters. The maximum Gasteiger partial charge on any atom is 0.122 e. The number of rotatable bonds is 8. The Balaban J connectivity index is 1.92. The van der Waals surface area contributed by atoms with Crippen LogP contribution in [0.3, 0.4) is 0 Å². The molecular weight excluding hydrogens is 270 g/mol. The molecule has 22 heavy (non-hydrogen) atoms. The molecular formula is C20H25NO. The SMILES string of the molecule is C=CCc1cc(C(C)N)ccc1OCCCc1ccccc1. The van der Waals surface area contributed by atoms with Crippen LogP contribution in [0.2, 0.25) is 0 Å². The number of aryl methyl sites for hydroxylation is 1. The monoisotopic (exact) mass is 295 g/mol. The van der Waals surface area contributed by atoms with Crippen LogP contribution in [-0.4, -0.2) is 6.61 Å². The standard InChI is InChI=1S/C20H25NO/c1-3-8-19-15-18(16(2)21)12-13-20(19)22-14-7-11-17-9-5-4-6-10-17/h3-6,9-10,12-13,15-16H,1,7-8,11,14,21H2,2H3. The summed E-state index contributed by atoms with van der Waals surface area (Å²) in [5, 5.41) is 0. The molecule has 0 saturated carbocycles. The van der Waals surface area contributed by atoms with E-state index < -0.39 is 0 Å². The molecule has 2 heteroatoms. The van der Waals surface area contributed by atoms with Gasteiger partial charge >= 0.3 is 0 Å². The molecule has 0 aliphatic heterocycles. The first-order valence-corrected chi connectivity index (χ1v) is 7.86. The van der Waals surface area contributed by atoms with Gasteiger partial charge in [0.2, 0.25) is 0 Å². The van der Waals surface area contributed by atoms with Crippen LogP contribution in [0.1, 0.15) is 36.1 Å². The minimum atomic E-state index is 0.0377. The van der Waals surface area contributed by atoms with Crippen molar-refractivity contribution >= 4 is 0 Å². The molecule has 0 radical (unpaired) electrons. The molecule has 2 nitrogen and oxygen atoms in total. The summed E-state index contributed by atoms with van der Waals surface area (Å²) in [5.74, 6) is 0.942. The van der Waals surface area contributed by atoms with E-state index >= 15 is 0 Å². The third-order valence-corrected chi connectivity index (χ3v) is 3.68. The van der Waals surface area contributed by atoms with Crippen LogP contribution in [-0.2, 0) is 12.8 Å². The molecule has 1 atom stereocenters. The summed E-state index contributed by atoms with van der Waals surface area (Å²) >= 11 is 0. The van der Waals surface area contributed by atoms with Gasteiger partial charge in [0.25, 0.3) is 0 Å². The highest BCUT2D eigenvalue weighted by Crippen LogP contribution is 2.24. The van der Waals surface area contributed by atoms with Gasteiger partial charge in [0.05, 0.1) is 6.61 Å². The summed E-state index contributed by atoms with van der Waals surface area (Å²) < 4.78 is 5.96. The van der Waals surface area contributed by atoms with Gasteiger partial charge in [-0.3, -0.25) is 0 Å². The Morgan fingerprint density at radius 1 is 1.18 bits per heavy atom. The van der Waals surface area contributed by atoms with Crippen LogP contribution >= 0.6 is 0 Å². The predicted molar refractivity (Wildman–Crippen MR) is 93.2 cm³/mol. The fourth-order valence-corrected chi connectivity index (χ4v) is 2.44. The fourth-order valence-electron chi connectivity index (χ4n) is 2.44. The van der Waals surface area contributed by atoms with Crippen LogP contribution in [0.5, 0.6) is 5.75 Å². The zero-order chi connectivity index (χ0) is 15.8. The van der Waals surface area contributed by atoms with Crippen LogP contribution < -0.4 is 10.5 Å². The smallest absolute Gasteiger partial charge is 0.122 e. The van der Waals surface area contributed by atoms with E-state index in [4.69, 9.17) is 10.5 Å². The Morgan fingerprint density at radius 2 is 1.95 bits per heavy atom. The van der Waals surface area contributed by atoms with E-state index in [-0.39, 0.29) is 6.04 Å². The second-order valence-corrected chi connectivity index (χ2v) is 5.59. The minimum absolute atomic E-state index is 0.0377. The van der Waals surface area contributed by atoms with Crippen molar-refractivity contribution < 1.29 is 4.74 Å². The van der Waals surface area contributed by atoms with Crippen LogP contribution in [0.15, 0.2) is 61.2 Å². The molecule has 0 saturated heterocycles. The van der Waals surface area contributed by atoms with Gasteiger partial charge in [-0.05, 0) is 48.9 Å². The number of nitrogens with two attached hydrogens (primary N) is 1. The molecule has 0 bridgehead atoms. The lowest BCUT2D eigenvalue weighted by molar-refractivity contribution is 0.308. The maximum absolute atomic E-state index is 5.96. The van der Waals surface area contributed by atoms with Crippen molar-refractivity contribution in [2.75, 3.05) is 6.61 Å². The summed E-state index contributed by atoms with van der Waals surface area (Å²) in [7, 11) is 0. The molecule has 0 aliphatic carbocycles. The van der Waals surface area contributed by atoms with Gasteiger partial charge in [-0.15, -0.1) is 6.58 Å². The summed E-state index contributed by atoms with van der Waals surface area (Å²) in [4.78, 5) is 0. The summed E-state index contributed by atoms with van der Waals surface area (Å²) in [6, 6.07) is 16.7. The van der Waals surface area contributed by atoms with Gasteiger partial charge in [0.15, 0.2) is 0 Å². The number of benzene rings is 2. The van der Waals surface area contributed by atoms with Gasteiger partial charge in [-0.25, -0.2) is 0 Å². The van der Waals surface area contributed by atoms with Gasteiger partial charge in [-0.2, -0.15) is 0 Å². The summed E-state index contributed by atoms with van der Waals surface area (Å²) in [5.41, 5.74) is 9.59. The normalized spacial score (nSPS) is 11.9. The first kappa shape index (κ1) is 16.3. The molecule has 2 aromatic carbocycles. The van der Waals surface area contributed by atoms with Crippen molar-refractivity contribution in [1.82, 2.24) is 0 Å². The third kappa shape index (κ3) is 4.74. The first-order valence-electron chi connectivity index (χ1n) is 7.86. The Hall–Kier alpha value is -2.06. The minimum Gasteiger partial charge on any atom is -0.493 e. The Bertz CT molecular complexity index is 590. The van der Waals surface area contributed by atoms with Gasteiger partial charge in [-0.1, -0.05) is 48.5 Å². The summed E-state index contributed by atoms with van der Waals surface area (Å²) in [6.07, 6.45) is 4.74. The van der Waals surface area contributed by atoms with E-state index in [1.54, 1.807) is 0 Å². The summed E-state index contributed by atoms with van der Waals surface area (Å²) in [6.45, 7) is 6.53. The highest BCUT2D eigenvalue weighted by Gasteiger charge is 2.07.